The molecule has 0 saturated carbocycles. The number of hydrogen-bond donors (Lipinski definition) is 1. The summed E-state index contributed by atoms with van der Waals surface area (Å²) in [5.41, 5.74) is 1.81. The zero-order chi connectivity index (χ0) is 14.6. The van der Waals surface area contributed by atoms with E-state index in [4.69, 9.17) is 11.6 Å². The van der Waals surface area contributed by atoms with E-state index in [-0.39, 0.29) is 23.6 Å². The summed E-state index contributed by atoms with van der Waals surface area (Å²) in [5, 5.41) is 2.63. The van der Waals surface area contributed by atoms with Gasteiger partial charge in [0, 0.05) is 19.5 Å². The van der Waals surface area contributed by atoms with E-state index >= 15 is 0 Å². The molecule has 1 rings (SSSR count). The molecule has 0 heterocycles. The van der Waals surface area contributed by atoms with Gasteiger partial charge in [-0.2, -0.15) is 0 Å². The van der Waals surface area contributed by atoms with Crippen LogP contribution >= 0.6 is 11.6 Å². The topological polar surface area (TPSA) is 66.5 Å². The van der Waals surface area contributed by atoms with Crippen LogP contribution in [0.5, 0.6) is 0 Å². The van der Waals surface area contributed by atoms with Crippen LogP contribution in [0.25, 0.3) is 0 Å². The normalized spacial score (nSPS) is 9.89. The quantitative estimate of drug-likeness (QED) is 0.863. The van der Waals surface area contributed by atoms with E-state index in [1.165, 1.54) is 13.8 Å². The molecule has 0 saturated heterocycles. The molecule has 0 spiro atoms. The first-order valence-corrected chi connectivity index (χ1v) is 6.18. The molecule has 1 N–H and O–H groups in total. The maximum absolute atomic E-state index is 11.4. The van der Waals surface area contributed by atoms with E-state index in [9.17, 15) is 14.4 Å². The first kappa shape index (κ1) is 15.2. The monoisotopic (exact) mass is 282 g/mol. The smallest absolute Gasteiger partial charge is 0.239 e. The summed E-state index contributed by atoms with van der Waals surface area (Å²) in [6, 6.07) is 4.89. The van der Waals surface area contributed by atoms with Crippen LogP contribution in [0, 0.1) is 6.92 Å². The molecule has 1 aromatic rings. The molecule has 0 radical (unpaired) electrons. The molecule has 0 bridgehead atoms. The number of amides is 3. The average Bonchev–Trinajstić information content (AvgIpc) is 2.31. The van der Waals surface area contributed by atoms with Crippen molar-refractivity contribution in [3.63, 3.8) is 0 Å². The largest absolute Gasteiger partial charge is 0.325 e. The van der Waals surface area contributed by atoms with Crippen LogP contribution in [-0.4, -0.2) is 23.6 Å². The number of hydrogen-bond acceptors (Lipinski definition) is 3. The zero-order valence-corrected chi connectivity index (χ0v) is 11.7. The Morgan fingerprint density at radius 1 is 1.21 bits per heavy atom. The lowest BCUT2D eigenvalue weighted by Gasteiger charge is -2.18. The van der Waals surface area contributed by atoms with Crippen molar-refractivity contribution in [2.75, 3.05) is 16.1 Å². The Morgan fingerprint density at radius 3 is 2.21 bits per heavy atom. The number of benzene rings is 1. The van der Waals surface area contributed by atoms with Gasteiger partial charge in [0.25, 0.3) is 0 Å². The lowest BCUT2D eigenvalue weighted by Crippen LogP contribution is -2.33. The standard InChI is InChI=1S/C13H15ClN2O3/c1-8-6-11(16(9(2)17)10(3)18)4-5-12(8)15-13(19)7-14/h4-6H,7H2,1-3H3,(H,15,19). The molecular weight excluding hydrogens is 268 g/mol. The Kier molecular flexibility index (Phi) is 5.06. The van der Waals surface area contributed by atoms with Crippen molar-refractivity contribution in [1.29, 1.82) is 0 Å². The van der Waals surface area contributed by atoms with Crippen LogP contribution < -0.4 is 10.2 Å². The second kappa shape index (κ2) is 6.33. The van der Waals surface area contributed by atoms with Crippen molar-refractivity contribution in [3.05, 3.63) is 23.8 Å². The van der Waals surface area contributed by atoms with Crippen molar-refractivity contribution in [2.24, 2.45) is 0 Å². The molecule has 0 aliphatic rings. The minimum Gasteiger partial charge on any atom is -0.325 e. The molecule has 3 amide bonds. The van der Waals surface area contributed by atoms with E-state index in [2.05, 4.69) is 5.32 Å². The molecule has 6 heteroatoms. The molecule has 0 aromatic heterocycles. The summed E-state index contributed by atoms with van der Waals surface area (Å²) >= 11 is 5.41. The SMILES string of the molecule is CC(=O)N(C(C)=O)c1ccc(NC(=O)CCl)c(C)c1. The summed E-state index contributed by atoms with van der Waals surface area (Å²) in [4.78, 5) is 35.1. The highest BCUT2D eigenvalue weighted by Crippen LogP contribution is 2.23. The zero-order valence-electron chi connectivity index (χ0n) is 11.0. The average molecular weight is 283 g/mol. The summed E-state index contributed by atoms with van der Waals surface area (Å²) in [6.07, 6.45) is 0. The fraction of sp³-hybridized carbons (Fsp3) is 0.308. The Morgan fingerprint density at radius 2 is 1.79 bits per heavy atom. The van der Waals surface area contributed by atoms with E-state index in [0.29, 0.717) is 11.4 Å². The van der Waals surface area contributed by atoms with E-state index in [0.717, 1.165) is 10.5 Å². The Hall–Kier alpha value is -1.88. The first-order chi connectivity index (χ1) is 8.86. The van der Waals surface area contributed by atoms with Gasteiger partial charge in [0.05, 0.1) is 5.69 Å². The molecule has 0 unspecified atom stereocenters. The summed E-state index contributed by atoms with van der Waals surface area (Å²) < 4.78 is 0. The number of anilines is 2. The first-order valence-electron chi connectivity index (χ1n) is 5.64. The lowest BCUT2D eigenvalue weighted by atomic mass is 10.1. The number of halogens is 1. The van der Waals surface area contributed by atoms with Gasteiger partial charge in [-0.3, -0.25) is 19.3 Å². The Balaban J connectivity index is 3.08. The van der Waals surface area contributed by atoms with Gasteiger partial charge in [-0.25, -0.2) is 0 Å². The van der Waals surface area contributed by atoms with Gasteiger partial charge in [0.15, 0.2) is 0 Å². The fourth-order valence-corrected chi connectivity index (χ4v) is 1.76. The number of rotatable bonds is 3. The van der Waals surface area contributed by atoms with E-state index in [1.54, 1.807) is 25.1 Å². The number of carbonyl (C=O) groups is 3. The van der Waals surface area contributed by atoms with E-state index < -0.39 is 0 Å². The van der Waals surface area contributed by atoms with Gasteiger partial charge in [-0.1, -0.05) is 0 Å². The van der Waals surface area contributed by atoms with Gasteiger partial charge < -0.3 is 5.32 Å². The van der Waals surface area contributed by atoms with Crippen molar-refractivity contribution >= 4 is 40.7 Å². The summed E-state index contributed by atoms with van der Waals surface area (Å²) in [5.74, 6) is -1.16. The van der Waals surface area contributed by atoms with Crippen molar-refractivity contribution in [3.8, 4) is 0 Å². The van der Waals surface area contributed by atoms with Crippen molar-refractivity contribution in [2.45, 2.75) is 20.8 Å². The molecule has 19 heavy (non-hydrogen) atoms. The molecule has 0 aliphatic heterocycles. The predicted molar refractivity (Wildman–Crippen MR) is 74.4 cm³/mol. The van der Waals surface area contributed by atoms with Crippen LogP contribution in [0.4, 0.5) is 11.4 Å². The number of aryl methyl sites for hydroxylation is 1. The van der Waals surface area contributed by atoms with Crippen molar-refractivity contribution in [1.82, 2.24) is 0 Å². The summed E-state index contributed by atoms with van der Waals surface area (Å²) in [6.45, 7) is 4.41. The molecule has 0 fully saturated rings. The van der Waals surface area contributed by atoms with Gasteiger partial charge in [0.2, 0.25) is 17.7 Å². The summed E-state index contributed by atoms with van der Waals surface area (Å²) in [7, 11) is 0. The van der Waals surface area contributed by atoms with Gasteiger partial charge in [-0.15, -0.1) is 11.6 Å². The van der Waals surface area contributed by atoms with Crippen LogP contribution in [0.1, 0.15) is 19.4 Å². The van der Waals surface area contributed by atoms with Crippen LogP contribution in [0.3, 0.4) is 0 Å². The highest BCUT2D eigenvalue weighted by atomic mass is 35.5. The maximum atomic E-state index is 11.4. The molecule has 102 valence electrons. The number of carbonyl (C=O) groups excluding carboxylic acids is 3. The third-order valence-corrected chi connectivity index (χ3v) is 2.74. The van der Waals surface area contributed by atoms with Crippen LogP contribution in [0.15, 0.2) is 18.2 Å². The number of alkyl halides is 1. The number of imide groups is 1. The van der Waals surface area contributed by atoms with Gasteiger partial charge in [-0.05, 0) is 30.7 Å². The second-order valence-electron chi connectivity index (χ2n) is 4.05. The third kappa shape index (κ3) is 3.79. The highest BCUT2D eigenvalue weighted by Gasteiger charge is 2.17. The molecule has 0 aliphatic carbocycles. The van der Waals surface area contributed by atoms with Crippen molar-refractivity contribution < 1.29 is 14.4 Å². The molecular formula is C13H15ClN2O3. The van der Waals surface area contributed by atoms with Crippen LogP contribution in [0.2, 0.25) is 0 Å². The third-order valence-electron chi connectivity index (χ3n) is 2.49. The second-order valence-corrected chi connectivity index (χ2v) is 4.32. The number of nitrogens with zero attached hydrogens (tertiary/aromatic N) is 1. The fourth-order valence-electron chi connectivity index (χ4n) is 1.70. The minimum atomic E-state index is -0.357. The Labute approximate surface area is 116 Å². The van der Waals surface area contributed by atoms with Gasteiger partial charge in [0.1, 0.15) is 5.88 Å². The Bertz CT molecular complexity index is 515. The minimum absolute atomic E-state index is 0.131. The lowest BCUT2D eigenvalue weighted by molar-refractivity contribution is -0.124. The maximum Gasteiger partial charge on any atom is 0.239 e. The highest BCUT2D eigenvalue weighted by molar-refractivity contribution is 6.29. The molecule has 5 nitrogen and oxygen atoms in total. The van der Waals surface area contributed by atoms with Crippen LogP contribution in [-0.2, 0) is 14.4 Å². The molecule has 0 atom stereocenters. The number of nitrogens with one attached hydrogen (secondary N) is 1. The van der Waals surface area contributed by atoms with E-state index in [1.807, 2.05) is 0 Å². The van der Waals surface area contributed by atoms with Gasteiger partial charge >= 0.3 is 0 Å². The predicted octanol–water partition coefficient (Wildman–Crippen LogP) is 2.07. The molecule has 1 aromatic carbocycles.